The SMILES string of the molecule is CC(C)COc1ccccc1NC(=O)CC(C)C1CCNCC1.Cl. The molecule has 1 aromatic rings. The zero-order valence-electron chi connectivity index (χ0n) is 15.0. The number of para-hydroxylation sites is 2. The molecule has 2 rings (SSSR count). The molecule has 1 saturated heterocycles. The fraction of sp³-hybridized carbons (Fsp3) is 0.632. The van der Waals surface area contributed by atoms with E-state index in [2.05, 4.69) is 31.4 Å². The molecule has 0 saturated carbocycles. The Morgan fingerprint density at radius 2 is 1.92 bits per heavy atom. The summed E-state index contributed by atoms with van der Waals surface area (Å²) < 4.78 is 5.80. The molecule has 0 bridgehead atoms. The second-order valence-corrected chi connectivity index (χ2v) is 7.02. The predicted molar refractivity (Wildman–Crippen MR) is 102 cm³/mol. The summed E-state index contributed by atoms with van der Waals surface area (Å²) in [6, 6.07) is 7.67. The number of anilines is 1. The lowest BCUT2D eigenvalue weighted by Gasteiger charge is -2.28. The molecule has 24 heavy (non-hydrogen) atoms. The summed E-state index contributed by atoms with van der Waals surface area (Å²) in [7, 11) is 0. The van der Waals surface area contributed by atoms with Crippen LogP contribution < -0.4 is 15.4 Å². The molecule has 1 atom stereocenters. The maximum atomic E-state index is 12.4. The van der Waals surface area contributed by atoms with Crippen molar-refractivity contribution < 1.29 is 9.53 Å². The minimum absolute atomic E-state index is 0. The number of halogens is 1. The summed E-state index contributed by atoms with van der Waals surface area (Å²) in [4.78, 5) is 12.4. The minimum atomic E-state index is 0. The second-order valence-electron chi connectivity index (χ2n) is 7.02. The molecule has 5 heteroatoms. The van der Waals surface area contributed by atoms with Crippen molar-refractivity contribution in [1.82, 2.24) is 5.32 Å². The smallest absolute Gasteiger partial charge is 0.224 e. The number of carbonyl (C=O) groups is 1. The Bertz CT molecular complexity index is 502. The van der Waals surface area contributed by atoms with Crippen LogP contribution in [0.15, 0.2) is 24.3 Å². The van der Waals surface area contributed by atoms with Gasteiger partial charge in [0.1, 0.15) is 5.75 Å². The lowest BCUT2D eigenvalue weighted by molar-refractivity contribution is -0.117. The van der Waals surface area contributed by atoms with Gasteiger partial charge in [-0.3, -0.25) is 4.79 Å². The summed E-state index contributed by atoms with van der Waals surface area (Å²) in [5.74, 6) is 2.36. The summed E-state index contributed by atoms with van der Waals surface area (Å²) in [6.07, 6.45) is 2.91. The van der Waals surface area contributed by atoms with Crippen molar-refractivity contribution in [3.63, 3.8) is 0 Å². The van der Waals surface area contributed by atoms with Crippen LogP contribution in [0.2, 0.25) is 0 Å². The van der Waals surface area contributed by atoms with Gasteiger partial charge in [0.15, 0.2) is 0 Å². The monoisotopic (exact) mass is 354 g/mol. The number of rotatable bonds is 7. The Kier molecular flexibility index (Phi) is 9.16. The van der Waals surface area contributed by atoms with Gasteiger partial charge in [-0.25, -0.2) is 0 Å². The van der Waals surface area contributed by atoms with Gasteiger partial charge in [0.2, 0.25) is 5.91 Å². The molecule has 1 aromatic carbocycles. The average molecular weight is 355 g/mol. The number of carbonyl (C=O) groups excluding carboxylic acids is 1. The quantitative estimate of drug-likeness (QED) is 0.774. The highest BCUT2D eigenvalue weighted by atomic mass is 35.5. The Morgan fingerprint density at radius 3 is 2.58 bits per heavy atom. The van der Waals surface area contributed by atoms with E-state index < -0.39 is 0 Å². The van der Waals surface area contributed by atoms with Gasteiger partial charge in [0.05, 0.1) is 12.3 Å². The number of benzene rings is 1. The molecule has 1 aliphatic rings. The van der Waals surface area contributed by atoms with Gasteiger partial charge in [-0.2, -0.15) is 0 Å². The van der Waals surface area contributed by atoms with Gasteiger partial charge in [-0.15, -0.1) is 12.4 Å². The minimum Gasteiger partial charge on any atom is -0.491 e. The number of piperidine rings is 1. The van der Waals surface area contributed by atoms with Crippen molar-refractivity contribution in [3.05, 3.63) is 24.3 Å². The number of amides is 1. The van der Waals surface area contributed by atoms with Crippen LogP contribution in [0.1, 0.15) is 40.0 Å². The highest BCUT2D eigenvalue weighted by molar-refractivity contribution is 5.92. The van der Waals surface area contributed by atoms with Crippen molar-refractivity contribution in [2.75, 3.05) is 25.0 Å². The highest BCUT2D eigenvalue weighted by Crippen LogP contribution is 2.27. The van der Waals surface area contributed by atoms with Crippen molar-refractivity contribution in [3.8, 4) is 5.75 Å². The van der Waals surface area contributed by atoms with E-state index >= 15 is 0 Å². The normalized spacial score (nSPS) is 16.3. The Hall–Kier alpha value is -1.26. The van der Waals surface area contributed by atoms with E-state index in [0.29, 0.717) is 30.8 Å². The first-order chi connectivity index (χ1) is 11.1. The number of ether oxygens (including phenoxy) is 1. The van der Waals surface area contributed by atoms with Gasteiger partial charge in [0.25, 0.3) is 0 Å². The standard InChI is InChI=1S/C19H30N2O2.ClH/c1-14(2)13-23-18-7-5-4-6-17(18)21-19(22)12-15(3)16-8-10-20-11-9-16;/h4-7,14-16,20H,8-13H2,1-3H3,(H,21,22);1H. The summed E-state index contributed by atoms with van der Waals surface area (Å²) in [6.45, 7) is 9.21. The van der Waals surface area contributed by atoms with E-state index in [1.807, 2.05) is 24.3 Å². The molecule has 1 unspecified atom stereocenters. The van der Waals surface area contributed by atoms with Gasteiger partial charge in [0, 0.05) is 6.42 Å². The van der Waals surface area contributed by atoms with Crippen LogP contribution in [0.25, 0.3) is 0 Å². The molecule has 0 aliphatic carbocycles. The zero-order valence-corrected chi connectivity index (χ0v) is 15.8. The molecule has 2 N–H and O–H groups in total. The van der Waals surface area contributed by atoms with Crippen LogP contribution in [0.3, 0.4) is 0 Å². The lowest BCUT2D eigenvalue weighted by atomic mass is 9.84. The number of nitrogens with one attached hydrogen (secondary N) is 2. The molecule has 0 radical (unpaired) electrons. The fourth-order valence-corrected chi connectivity index (χ4v) is 3.03. The van der Waals surface area contributed by atoms with E-state index in [-0.39, 0.29) is 18.3 Å². The molecular formula is C19H31ClN2O2. The molecule has 1 fully saturated rings. The van der Waals surface area contributed by atoms with Crippen molar-refractivity contribution in [2.24, 2.45) is 17.8 Å². The van der Waals surface area contributed by atoms with Gasteiger partial charge >= 0.3 is 0 Å². The first-order valence-corrected chi connectivity index (χ1v) is 8.78. The third kappa shape index (κ3) is 6.70. The van der Waals surface area contributed by atoms with Crippen LogP contribution in [-0.4, -0.2) is 25.6 Å². The molecule has 136 valence electrons. The predicted octanol–water partition coefficient (Wildman–Crippen LogP) is 4.11. The van der Waals surface area contributed by atoms with E-state index in [0.717, 1.165) is 24.5 Å². The van der Waals surface area contributed by atoms with E-state index in [1.54, 1.807) is 0 Å². The second kappa shape index (κ2) is 10.6. The van der Waals surface area contributed by atoms with Crippen LogP contribution in [-0.2, 0) is 4.79 Å². The molecule has 1 amide bonds. The largest absolute Gasteiger partial charge is 0.491 e. The Balaban J connectivity index is 0.00000288. The van der Waals surface area contributed by atoms with Crippen molar-refractivity contribution in [2.45, 2.75) is 40.0 Å². The Labute approximate surface area is 152 Å². The average Bonchev–Trinajstić information content (AvgIpc) is 2.54. The molecule has 1 heterocycles. The summed E-state index contributed by atoms with van der Waals surface area (Å²) in [5.41, 5.74) is 0.774. The Morgan fingerprint density at radius 1 is 1.25 bits per heavy atom. The molecule has 0 aromatic heterocycles. The molecule has 0 spiro atoms. The first kappa shape index (κ1) is 20.8. The summed E-state index contributed by atoms with van der Waals surface area (Å²) in [5, 5.41) is 6.40. The topological polar surface area (TPSA) is 50.4 Å². The van der Waals surface area contributed by atoms with E-state index in [9.17, 15) is 4.79 Å². The highest BCUT2D eigenvalue weighted by Gasteiger charge is 2.22. The number of hydrogen-bond acceptors (Lipinski definition) is 3. The third-order valence-corrected chi connectivity index (χ3v) is 4.43. The molecule has 4 nitrogen and oxygen atoms in total. The van der Waals surface area contributed by atoms with Crippen LogP contribution in [0.4, 0.5) is 5.69 Å². The van der Waals surface area contributed by atoms with Crippen molar-refractivity contribution >= 4 is 24.0 Å². The van der Waals surface area contributed by atoms with Gasteiger partial charge in [-0.05, 0) is 55.8 Å². The third-order valence-electron chi connectivity index (χ3n) is 4.43. The van der Waals surface area contributed by atoms with E-state index in [1.165, 1.54) is 12.8 Å². The summed E-state index contributed by atoms with van der Waals surface area (Å²) >= 11 is 0. The zero-order chi connectivity index (χ0) is 16.7. The first-order valence-electron chi connectivity index (χ1n) is 8.78. The van der Waals surface area contributed by atoms with Gasteiger partial charge < -0.3 is 15.4 Å². The van der Waals surface area contributed by atoms with Crippen molar-refractivity contribution in [1.29, 1.82) is 0 Å². The fourth-order valence-electron chi connectivity index (χ4n) is 3.03. The van der Waals surface area contributed by atoms with Crippen LogP contribution in [0, 0.1) is 17.8 Å². The number of hydrogen-bond donors (Lipinski definition) is 2. The van der Waals surface area contributed by atoms with Gasteiger partial charge in [-0.1, -0.05) is 32.9 Å². The maximum absolute atomic E-state index is 12.4. The maximum Gasteiger partial charge on any atom is 0.224 e. The van der Waals surface area contributed by atoms with Crippen LogP contribution >= 0.6 is 12.4 Å². The molecular weight excluding hydrogens is 324 g/mol. The molecule has 1 aliphatic heterocycles. The lowest BCUT2D eigenvalue weighted by Crippen LogP contribution is -2.32. The van der Waals surface area contributed by atoms with E-state index in [4.69, 9.17) is 4.74 Å². The van der Waals surface area contributed by atoms with Crippen LogP contribution in [0.5, 0.6) is 5.75 Å².